The van der Waals surface area contributed by atoms with Gasteiger partial charge in [0.2, 0.25) is 0 Å². The van der Waals surface area contributed by atoms with Gasteiger partial charge in [0, 0.05) is 36.7 Å². The van der Waals surface area contributed by atoms with E-state index in [1.54, 1.807) is 6.07 Å². The molecule has 2 aliphatic heterocycles. The van der Waals surface area contributed by atoms with E-state index in [2.05, 4.69) is 27.3 Å². The van der Waals surface area contributed by atoms with Crippen LogP contribution in [0, 0.1) is 23.1 Å². The highest BCUT2D eigenvalue weighted by atomic mass is 35.5. The standard InChI is InChI=1S/C22H26ClFN4O/c1-22(12-29-13-22)11-28-9-14-6-17(7-15(14)10-28)25-21-5-4-20(26-27-21)18-8-16(24)2-3-19(18)23/h2-5,8,14-15,17H,6-7,9-13H2,1H3,(H,25,27)/t14-,15+,17?. The number of anilines is 1. The van der Waals surface area contributed by atoms with Gasteiger partial charge in [0.15, 0.2) is 0 Å². The molecule has 5 nitrogen and oxygen atoms in total. The second-order valence-electron chi connectivity index (χ2n) is 9.26. The van der Waals surface area contributed by atoms with Crippen LogP contribution in [0.25, 0.3) is 11.3 Å². The van der Waals surface area contributed by atoms with Crippen LogP contribution < -0.4 is 5.32 Å². The van der Waals surface area contributed by atoms with Crippen LogP contribution in [0.5, 0.6) is 0 Å². The van der Waals surface area contributed by atoms with Crippen molar-refractivity contribution in [1.29, 1.82) is 0 Å². The van der Waals surface area contributed by atoms with Crippen molar-refractivity contribution in [2.75, 3.05) is 38.2 Å². The van der Waals surface area contributed by atoms with E-state index in [9.17, 15) is 4.39 Å². The van der Waals surface area contributed by atoms with Gasteiger partial charge in [-0.2, -0.15) is 0 Å². The maximum atomic E-state index is 13.5. The van der Waals surface area contributed by atoms with Gasteiger partial charge < -0.3 is 15.0 Å². The van der Waals surface area contributed by atoms with E-state index in [4.69, 9.17) is 16.3 Å². The van der Waals surface area contributed by atoms with Crippen LogP contribution in [-0.2, 0) is 4.74 Å². The van der Waals surface area contributed by atoms with Gasteiger partial charge in [0.25, 0.3) is 0 Å². The second-order valence-corrected chi connectivity index (χ2v) is 9.67. The van der Waals surface area contributed by atoms with Gasteiger partial charge in [0.05, 0.1) is 23.9 Å². The zero-order chi connectivity index (χ0) is 20.0. The quantitative estimate of drug-likeness (QED) is 0.795. The molecule has 1 N–H and O–H groups in total. The Balaban J connectivity index is 1.17. The SMILES string of the molecule is CC1(CN2C[C@H]3CC(Nc4ccc(-c5cc(F)ccc5Cl)nn4)C[C@H]3C2)COC1. The Hall–Kier alpha value is -1.76. The Labute approximate surface area is 175 Å². The topological polar surface area (TPSA) is 50.3 Å². The number of nitrogens with zero attached hydrogens (tertiary/aromatic N) is 3. The summed E-state index contributed by atoms with van der Waals surface area (Å²) in [6.45, 7) is 7.68. The molecule has 29 heavy (non-hydrogen) atoms. The number of hydrogen-bond donors (Lipinski definition) is 1. The molecule has 0 spiro atoms. The third-order valence-corrected chi connectivity index (χ3v) is 6.88. The smallest absolute Gasteiger partial charge is 0.148 e. The molecular formula is C22H26ClFN4O. The van der Waals surface area contributed by atoms with E-state index >= 15 is 0 Å². The van der Waals surface area contributed by atoms with Crippen molar-refractivity contribution in [3.05, 3.63) is 41.2 Å². The van der Waals surface area contributed by atoms with E-state index < -0.39 is 0 Å². The van der Waals surface area contributed by atoms with E-state index in [0.717, 1.165) is 37.4 Å². The summed E-state index contributed by atoms with van der Waals surface area (Å²) in [6, 6.07) is 8.45. The van der Waals surface area contributed by atoms with Crippen LogP contribution in [0.4, 0.5) is 10.2 Å². The molecule has 5 rings (SSSR count). The van der Waals surface area contributed by atoms with Crippen LogP contribution in [0.15, 0.2) is 30.3 Å². The van der Waals surface area contributed by atoms with Crippen LogP contribution >= 0.6 is 11.6 Å². The largest absolute Gasteiger partial charge is 0.380 e. The first-order valence-corrected chi connectivity index (χ1v) is 10.7. The maximum Gasteiger partial charge on any atom is 0.148 e. The third kappa shape index (κ3) is 3.98. The monoisotopic (exact) mass is 416 g/mol. The average molecular weight is 417 g/mol. The zero-order valence-electron chi connectivity index (χ0n) is 16.6. The highest BCUT2D eigenvalue weighted by Gasteiger charge is 2.44. The number of fused-ring (bicyclic) bond motifs is 1. The Morgan fingerprint density at radius 3 is 2.55 bits per heavy atom. The van der Waals surface area contributed by atoms with Crippen LogP contribution in [0.1, 0.15) is 19.8 Å². The molecule has 154 valence electrons. The Bertz CT molecular complexity index is 875. The molecule has 1 aromatic carbocycles. The van der Waals surface area contributed by atoms with Crippen LogP contribution in [0.2, 0.25) is 5.02 Å². The first-order chi connectivity index (χ1) is 14.0. The van der Waals surface area contributed by atoms with Gasteiger partial charge >= 0.3 is 0 Å². The molecule has 0 bridgehead atoms. The molecule has 0 amide bonds. The number of likely N-dealkylation sites (tertiary alicyclic amines) is 1. The van der Waals surface area contributed by atoms with Gasteiger partial charge in [-0.3, -0.25) is 0 Å². The number of ether oxygens (including phenoxy) is 1. The summed E-state index contributed by atoms with van der Waals surface area (Å²) in [5, 5.41) is 12.6. The minimum atomic E-state index is -0.334. The van der Waals surface area contributed by atoms with Gasteiger partial charge in [0.1, 0.15) is 11.6 Å². The molecule has 7 heteroatoms. The molecule has 2 aromatic rings. The summed E-state index contributed by atoms with van der Waals surface area (Å²) in [4.78, 5) is 2.63. The number of rotatable bonds is 5. The lowest BCUT2D eigenvalue weighted by Crippen LogP contribution is -2.48. The van der Waals surface area contributed by atoms with Crippen molar-refractivity contribution >= 4 is 17.4 Å². The molecule has 3 atom stereocenters. The number of benzene rings is 1. The summed E-state index contributed by atoms with van der Waals surface area (Å²) in [5.74, 6) is 1.95. The summed E-state index contributed by atoms with van der Waals surface area (Å²) in [7, 11) is 0. The summed E-state index contributed by atoms with van der Waals surface area (Å²) < 4.78 is 18.9. The third-order valence-electron chi connectivity index (χ3n) is 6.55. The van der Waals surface area contributed by atoms with E-state index in [-0.39, 0.29) is 5.82 Å². The number of halogens is 2. The number of nitrogens with one attached hydrogen (secondary N) is 1. The highest BCUT2D eigenvalue weighted by Crippen LogP contribution is 2.41. The Kier molecular flexibility index (Phi) is 4.96. The Morgan fingerprint density at radius 2 is 1.93 bits per heavy atom. The van der Waals surface area contributed by atoms with Gasteiger partial charge in [-0.15, -0.1) is 10.2 Å². The lowest BCUT2D eigenvalue weighted by Gasteiger charge is -2.41. The lowest BCUT2D eigenvalue weighted by molar-refractivity contribution is -0.113. The number of hydrogen-bond acceptors (Lipinski definition) is 5. The predicted molar refractivity (Wildman–Crippen MR) is 111 cm³/mol. The van der Waals surface area contributed by atoms with E-state index in [0.29, 0.717) is 27.7 Å². The molecule has 3 aliphatic rings. The zero-order valence-corrected chi connectivity index (χ0v) is 17.3. The van der Waals surface area contributed by atoms with E-state index in [1.807, 2.05) is 12.1 Å². The van der Waals surface area contributed by atoms with Crippen LogP contribution in [-0.4, -0.2) is 54.0 Å². The highest BCUT2D eigenvalue weighted by molar-refractivity contribution is 6.33. The van der Waals surface area contributed by atoms with Crippen molar-refractivity contribution in [1.82, 2.24) is 15.1 Å². The van der Waals surface area contributed by atoms with Crippen LogP contribution in [0.3, 0.4) is 0 Å². The minimum absolute atomic E-state index is 0.334. The fourth-order valence-corrected chi connectivity index (χ4v) is 5.40. The van der Waals surface area contributed by atoms with Gasteiger partial charge in [-0.1, -0.05) is 18.5 Å². The normalized spacial score (nSPS) is 28.2. The second kappa shape index (κ2) is 7.49. The van der Waals surface area contributed by atoms with Crippen molar-refractivity contribution in [2.45, 2.75) is 25.8 Å². The summed E-state index contributed by atoms with van der Waals surface area (Å²) >= 11 is 6.17. The first kappa shape index (κ1) is 19.2. The van der Waals surface area contributed by atoms with Crippen molar-refractivity contribution in [3.63, 3.8) is 0 Å². The molecular weight excluding hydrogens is 391 g/mol. The minimum Gasteiger partial charge on any atom is -0.380 e. The van der Waals surface area contributed by atoms with E-state index in [1.165, 1.54) is 38.1 Å². The molecule has 1 aliphatic carbocycles. The van der Waals surface area contributed by atoms with Crippen molar-refractivity contribution in [3.8, 4) is 11.3 Å². The molecule has 1 aromatic heterocycles. The predicted octanol–water partition coefficient (Wildman–Crippen LogP) is 4.09. The summed E-state index contributed by atoms with van der Waals surface area (Å²) in [5.41, 5.74) is 1.50. The molecule has 3 heterocycles. The summed E-state index contributed by atoms with van der Waals surface area (Å²) in [6.07, 6.45) is 2.35. The van der Waals surface area contributed by atoms with Gasteiger partial charge in [-0.25, -0.2) is 4.39 Å². The van der Waals surface area contributed by atoms with Gasteiger partial charge in [-0.05, 0) is 55.0 Å². The lowest BCUT2D eigenvalue weighted by atomic mass is 9.88. The molecule has 3 fully saturated rings. The molecule has 1 saturated carbocycles. The molecule has 2 saturated heterocycles. The fourth-order valence-electron chi connectivity index (χ4n) is 5.18. The van der Waals surface area contributed by atoms with Crippen molar-refractivity contribution in [2.24, 2.45) is 17.3 Å². The number of aromatic nitrogens is 2. The molecule has 1 unspecified atom stereocenters. The first-order valence-electron chi connectivity index (χ1n) is 10.3. The average Bonchev–Trinajstić information content (AvgIpc) is 3.21. The fraction of sp³-hybridized carbons (Fsp3) is 0.545. The molecule has 0 radical (unpaired) electrons. The van der Waals surface area contributed by atoms with Crippen molar-refractivity contribution < 1.29 is 9.13 Å². The maximum absolute atomic E-state index is 13.5. The Morgan fingerprint density at radius 1 is 1.17 bits per heavy atom.